The van der Waals surface area contributed by atoms with Gasteiger partial charge in [0.15, 0.2) is 0 Å². The molecular weight excluding hydrogens is 522 g/mol. The van der Waals surface area contributed by atoms with Crippen molar-refractivity contribution in [2.24, 2.45) is 0 Å². The zero-order chi connectivity index (χ0) is 27.3. The number of nitrogens with one attached hydrogen (secondary N) is 1. The number of aromatic nitrogens is 8. The van der Waals surface area contributed by atoms with E-state index in [4.69, 9.17) is 11.6 Å². The first-order valence-corrected chi connectivity index (χ1v) is 12.9. The fourth-order valence-corrected chi connectivity index (χ4v) is 4.78. The van der Waals surface area contributed by atoms with Crippen molar-refractivity contribution in [2.75, 3.05) is 11.9 Å². The van der Waals surface area contributed by atoms with E-state index in [2.05, 4.69) is 30.9 Å². The molecule has 1 fully saturated rings. The van der Waals surface area contributed by atoms with Crippen LogP contribution in [0.2, 0.25) is 5.02 Å². The number of aryl methyl sites for hydroxylation is 1. The van der Waals surface area contributed by atoms with Crippen molar-refractivity contribution in [3.63, 3.8) is 0 Å². The summed E-state index contributed by atoms with van der Waals surface area (Å²) in [6.07, 6.45) is 4.48. The average molecular weight is 548 g/mol. The molecule has 0 radical (unpaired) electrons. The summed E-state index contributed by atoms with van der Waals surface area (Å²) in [7, 11) is 0. The highest BCUT2D eigenvalue weighted by Crippen LogP contribution is 2.34. The van der Waals surface area contributed by atoms with E-state index in [9.17, 15) is 15.0 Å². The Balaban J connectivity index is 1.29. The molecule has 1 aromatic carbocycles. The van der Waals surface area contributed by atoms with Crippen molar-refractivity contribution >= 4 is 28.7 Å². The number of anilines is 1. The minimum Gasteiger partial charge on any atom is -0.394 e. The van der Waals surface area contributed by atoms with E-state index in [1.807, 2.05) is 26.0 Å². The molecule has 1 atom stereocenters. The summed E-state index contributed by atoms with van der Waals surface area (Å²) in [5.74, 6) is 0.0958. The van der Waals surface area contributed by atoms with Crippen LogP contribution < -0.4 is 5.32 Å². The second-order valence-corrected chi connectivity index (χ2v) is 10.1. The molecule has 6 rings (SSSR count). The summed E-state index contributed by atoms with van der Waals surface area (Å²) in [5, 5.41) is 44.0. The van der Waals surface area contributed by atoms with Crippen molar-refractivity contribution in [3.05, 3.63) is 64.7 Å². The zero-order valence-electron chi connectivity index (χ0n) is 21.3. The van der Waals surface area contributed by atoms with Crippen LogP contribution >= 0.6 is 11.6 Å². The van der Waals surface area contributed by atoms with Crippen LogP contribution in [0.15, 0.2) is 42.7 Å². The molecule has 1 amide bonds. The molecule has 0 bridgehead atoms. The number of carbonyl (C=O) groups excluding carboxylic acids is 1. The monoisotopic (exact) mass is 547 g/mol. The fraction of sp³-hybridized carbons (Fsp3) is 0.308. The van der Waals surface area contributed by atoms with Crippen LogP contribution in [-0.4, -0.2) is 68.4 Å². The van der Waals surface area contributed by atoms with Crippen LogP contribution in [0.25, 0.3) is 28.0 Å². The lowest BCUT2D eigenvalue weighted by Gasteiger charge is -2.10. The summed E-state index contributed by atoms with van der Waals surface area (Å²) in [6.45, 7) is 3.61. The molecule has 13 heteroatoms. The minimum absolute atomic E-state index is 0.179. The molecule has 0 spiro atoms. The van der Waals surface area contributed by atoms with Gasteiger partial charge < -0.3 is 15.5 Å². The van der Waals surface area contributed by atoms with Crippen molar-refractivity contribution < 1.29 is 15.0 Å². The van der Waals surface area contributed by atoms with Crippen molar-refractivity contribution in [3.8, 4) is 22.5 Å². The first-order chi connectivity index (χ1) is 18.8. The molecule has 0 unspecified atom stereocenters. The van der Waals surface area contributed by atoms with Gasteiger partial charge in [0.2, 0.25) is 5.82 Å². The Kier molecular flexibility index (Phi) is 6.37. The summed E-state index contributed by atoms with van der Waals surface area (Å²) < 4.78 is 3.30. The second-order valence-electron chi connectivity index (χ2n) is 9.68. The SMILES string of the molecule is Cc1nn(C[C@H](O)CO)c(C)c1-c1ccn2ncc(C(=O)Nc3cc(-c4nnn(C5CC5)n4)ccc3Cl)c2c1. The number of amides is 1. The second kappa shape index (κ2) is 9.88. The predicted octanol–water partition coefficient (Wildman–Crippen LogP) is 3.06. The first-order valence-electron chi connectivity index (χ1n) is 12.5. The molecule has 12 nitrogen and oxygen atoms in total. The van der Waals surface area contributed by atoms with Gasteiger partial charge in [0, 0.05) is 23.0 Å². The van der Waals surface area contributed by atoms with Crippen LogP contribution in [0.5, 0.6) is 0 Å². The molecule has 4 aromatic heterocycles. The Morgan fingerprint density at radius 2 is 2.00 bits per heavy atom. The van der Waals surface area contributed by atoms with Gasteiger partial charge >= 0.3 is 0 Å². The first kappa shape index (κ1) is 25.2. The Hall–Kier alpha value is -4.13. The van der Waals surface area contributed by atoms with Crippen molar-refractivity contribution in [2.45, 2.75) is 45.4 Å². The number of aliphatic hydroxyl groups excluding tert-OH is 2. The number of pyridine rings is 1. The van der Waals surface area contributed by atoms with Gasteiger partial charge in [-0.1, -0.05) is 11.6 Å². The Labute approximate surface area is 227 Å². The van der Waals surface area contributed by atoms with Gasteiger partial charge in [0.25, 0.3) is 5.91 Å². The third-order valence-electron chi connectivity index (χ3n) is 6.81. The van der Waals surface area contributed by atoms with Gasteiger partial charge in [-0.3, -0.25) is 9.48 Å². The highest BCUT2D eigenvalue weighted by Gasteiger charge is 2.27. The van der Waals surface area contributed by atoms with Gasteiger partial charge in [-0.15, -0.1) is 10.2 Å². The van der Waals surface area contributed by atoms with Gasteiger partial charge in [-0.2, -0.15) is 15.0 Å². The number of hydrogen-bond donors (Lipinski definition) is 3. The smallest absolute Gasteiger partial charge is 0.259 e. The summed E-state index contributed by atoms with van der Waals surface area (Å²) >= 11 is 6.42. The maximum Gasteiger partial charge on any atom is 0.259 e. The molecule has 0 aliphatic heterocycles. The summed E-state index contributed by atoms with van der Waals surface area (Å²) in [6, 6.07) is 9.30. The molecule has 1 aliphatic carbocycles. The minimum atomic E-state index is -0.908. The number of rotatable bonds is 8. The van der Waals surface area contributed by atoms with E-state index in [0.717, 1.165) is 35.4 Å². The molecule has 200 valence electrons. The lowest BCUT2D eigenvalue weighted by Crippen LogP contribution is -2.21. The Bertz CT molecular complexity index is 1700. The van der Waals surface area contributed by atoms with Gasteiger partial charge in [-0.25, -0.2) is 4.52 Å². The summed E-state index contributed by atoms with van der Waals surface area (Å²) in [4.78, 5) is 15.0. The number of tetrazole rings is 1. The van der Waals surface area contributed by atoms with E-state index in [1.54, 1.807) is 38.4 Å². The van der Waals surface area contributed by atoms with E-state index in [0.29, 0.717) is 39.2 Å². The molecule has 5 aromatic rings. The van der Waals surface area contributed by atoms with Gasteiger partial charge in [0.1, 0.15) is 0 Å². The lowest BCUT2D eigenvalue weighted by molar-refractivity contribution is 0.0777. The molecular formula is C26H26ClN9O3. The van der Waals surface area contributed by atoms with E-state index in [-0.39, 0.29) is 19.1 Å². The molecule has 1 aliphatic rings. The van der Waals surface area contributed by atoms with Crippen LogP contribution in [-0.2, 0) is 6.54 Å². The predicted molar refractivity (Wildman–Crippen MR) is 143 cm³/mol. The standard InChI is InChI=1S/C26H26ClN9O3/c1-14-24(15(2)35(31-14)12-19(38)13-37)16-7-8-34-23(10-16)20(11-28-34)26(39)29-22-9-17(3-6-21(22)27)25-30-33-36(32-25)18-4-5-18/h3,6-11,18-19,37-38H,4-5,12-13H2,1-2H3,(H,29,39)/t19-/m0/s1. The topological polar surface area (TPSA) is 148 Å². The van der Waals surface area contributed by atoms with Crippen LogP contribution in [0.3, 0.4) is 0 Å². The van der Waals surface area contributed by atoms with Crippen molar-refractivity contribution in [1.29, 1.82) is 0 Å². The molecule has 0 saturated heterocycles. The molecule has 4 heterocycles. The average Bonchev–Trinajstić information content (AvgIpc) is 3.38. The lowest BCUT2D eigenvalue weighted by atomic mass is 10.0. The Morgan fingerprint density at radius 1 is 1.18 bits per heavy atom. The van der Waals surface area contributed by atoms with E-state index in [1.165, 1.54) is 6.20 Å². The van der Waals surface area contributed by atoms with Crippen LogP contribution in [0, 0.1) is 13.8 Å². The third kappa shape index (κ3) is 4.78. The largest absolute Gasteiger partial charge is 0.394 e. The Morgan fingerprint density at radius 3 is 2.77 bits per heavy atom. The molecule has 3 N–H and O–H groups in total. The van der Waals surface area contributed by atoms with Crippen LogP contribution in [0.4, 0.5) is 5.69 Å². The van der Waals surface area contributed by atoms with E-state index >= 15 is 0 Å². The van der Waals surface area contributed by atoms with Crippen molar-refractivity contribution in [1.82, 2.24) is 39.6 Å². The highest BCUT2D eigenvalue weighted by molar-refractivity contribution is 6.34. The quantitative estimate of drug-likeness (QED) is 0.268. The maximum absolute atomic E-state index is 13.4. The number of carbonyl (C=O) groups is 1. The molecule has 1 saturated carbocycles. The van der Waals surface area contributed by atoms with Gasteiger partial charge in [-0.05, 0) is 67.8 Å². The normalized spacial score (nSPS) is 14.2. The van der Waals surface area contributed by atoms with Crippen LogP contribution in [0.1, 0.15) is 40.6 Å². The third-order valence-corrected chi connectivity index (χ3v) is 7.13. The number of aliphatic hydroxyl groups is 2. The number of benzene rings is 1. The number of hydrogen-bond acceptors (Lipinski definition) is 8. The fourth-order valence-electron chi connectivity index (χ4n) is 4.61. The zero-order valence-corrected chi connectivity index (χ0v) is 22.0. The van der Waals surface area contributed by atoms with E-state index < -0.39 is 6.10 Å². The summed E-state index contributed by atoms with van der Waals surface area (Å²) in [5.41, 5.74) is 5.43. The maximum atomic E-state index is 13.4. The highest BCUT2D eigenvalue weighted by atomic mass is 35.5. The number of fused-ring (bicyclic) bond motifs is 1. The molecule has 39 heavy (non-hydrogen) atoms. The number of halogens is 1. The van der Waals surface area contributed by atoms with Gasteiger partial charge in [0.05, 0.1) is 59.0 Å². The number of nitrogens with zero attached hydrogens (tertiary/aromatic N) is 8.